The molecule has 0 saturated carbocycles. The van der Waals surface area contributed by atoms with Gasteiger partial charge in [0.1, 0.15) is 0 Å². The van der Waals surface area contributed by atoms with Gasteiger partial charge in [0.05, 0.1) is 11.6 Å². The predicted molar refractivity (Wildman–Crippen MR) is 78.3 cm³/mol. The largest absolute Gasteiger partial charge is 0.409 e. The van der Waals surface area contributed by atoms with Crippen LogP contribution >= 0.6 is 11.6 Å². The number of likely N-dealkylation sites (N-methyl/N-ethyl adjacent to an activating group) is 1. The molecule has 6 heteroatoms. The Kier molecular flexibility index (Phi) is 5.92. The fourth-order valence-corrected chi connectivity index (χ4v) is 2.30. The van der Waals surface area contributed by atoms with Crippen LogP contribution in [-0.4, -0.2) is 37.3 Å². The topological polar surface area (TPSA) is 71.1 Å². The van der Waals surface area contributed by atoms with Crippen LogP contribution in [0.3, 0.4) is 0 Å². The number of nitrogens with two attached hydrogens (primary N) is 1. The Hall–Kier alpha value is -1.46. The van der Waals surface area contributed by atoms with Gasteiger partial charge in [-0.3, -0.25) is 0 Å². The van der Waals surface area contributed by atoms with Gasteiger partial charge in [-0.1, -0.05) is 16.8 Å². The lowest BCUT2D eigenvalue weighted by Crippen LogP contribution is -2.36. The average molecular weight is 286 g/mol. The molecule has 19 heavy (non-hydrogen) atoms. The number of hydrogen-bond acceptors (Lipinski definition) is 4. The zero-order valence-corrected chi connectivity index (χ0v) is 12.2. The van der Waals surface area contributed by atoms with Crippen LogP contribution in [0, 0.1) is 0 Å². The van der Waals surface area contributed by atoms with Crippen LogP contribution in [0.2, 0.25) is 5.02 Å². The number of amidine groups is 1. The molecule has 1 aromatic carbocycles. The molecule has 1 unspecified atom stereocenters. The standard InChI is InChI=1S/C13H20ClN3O2/c1-4-17(9(2)8-19-3)10-5-6-11(12(14)7-10)13(15)16-18/h5-7,9,18H,4,8H2,1-3H3,(H2,15,16). The van der Waals surface area contributed by atoms with E-state index in [1.165, 1.54) is 0 Å². The number of nitrogens with zero attached hydrogens (tertiary/aromatic N) is 2. The lowest BCUT2D eigenvalue weighted by atomic mass is 10.1. The van der Waals surface area contributed by atoms with Gasteiger partial charge < -0.3 is 20.6 Å². The van der Waals surface area contributed by atoms with Crippen LogP contribution in [0.15, 0.2) is 23.4 Å². The first-order valence-corrected chi connectivity index (χ1v) is 6.45. The van der Waals surface area contributed by atoms with Gasteiger partial charge in [-0.25, -0.2) is 0 Å². The Balaban J connectivity index is 3.04. The summed E-state index contributed by atoms with van der Waals surface area (Å²) in [6.45, 7) is 5.62. The molecule has 106 valence electrons. The Morgan fingerprint density at radius 1 is 1.58 bits per heavy atom. The molecule has 3 N–H and O–H groups in total. The normalized spacial score (nSPS) is 13.4. The fraction of sp³-hybridized carbons (Fsp3) is 0.462. The summed E-state index contributed by atoms with van der Waals surface area (Å²) >= 11 is 6.16. The molecule has 0 fully saturated rings. The van der Waals surface area contributed by atoms with Gasteiger partial charge in [-0.15, -0.1) is 0 Å². The maximum atomic E-state index is 8.67. The van der Waals surface area contributed by atoms with Crippen molar-refractivity contribution < 1.29 is 9.94 Å². The van der Waals surface area contributed by atoms with Crippen LogP contribution in [0.4, 0.5) is 5.69 Å². The van der Waals surface area contributed by atoms with Crippen molar-refractivity contribution in [3.05, 3.63) is 28.8 Å². The molecule has 0 heterocycles. The van der Waals surface area contributed by atoms with Crippen LogP contribution < -0.4 is 10.6 Å². The highest BCUT2D eigenvalue weighted by Crippen LogP contribution is 2.25. The second-order valence-corrected chi connectivity index (χ2v) is 4.65. The van der Waals surface area contributed by atoms with Gasteiger partial charge in [0.25, 0.3) is 0 Å². The SMILES string of the molecule is CCN(c1ccc(C(N)=NO)c(Cl)c1)C(C)COC. The first-order chi connectivity index (χ1) is 9.04. The summed E-state index contributed by atoms with van der Waals surface area (Å²) in [5.41, 5.74) is 7.04. The van der Waals surface area contributed by atoms with Crippen molar-refractivity contribution in [2.45, 2.75) is 19.9 Å². The van der Waals surface area contributed by atoms with Crippen molar-refractivity contribution in [1.82, 2.24) is 0 Å². The molecule has 1 rings (SSSR count). The van der Waals surface area contributed by atoms with E-state index >= 15 is 0 Å². The van der Waals surface area contributed by atoms with E-state index in [1.54, 1.807) is 13.2 Å². The van der Waals surface area contributed by atoms with E-state index in [1.807, 2.05) is 12.1 Å². The molecule has 0 aliphatic carbocycles. The first kappa shape index (κ1) is 15.6. The summed E-state index contributed by atoms with van der Waals surface area (Å²) in [6.07, 6.45) is 0. The number of ether oxygens (including phenoxy) is 1. The monoisotopic (exact) mass is 285 g/mol. The van der Waals surface area contributed by atoms with Crippen molar-refractivity contribution in [2.24, 2.45) is 10.9 Å². The van der Waals surface area contributed by atoms with Gasteiger partial charge in [-0.05, 0) is 32.0 Å². The molecule has 0 radical (unpaired) electrons. The Labute approximate surface area is 118 Å². The zero-order chi connectivity index (χ0) is 14.4. The molecule has 1 atom stereocenters. The smallest absolute Gasteiger partial charge is 0.171 e. The Morgan fingerprint density at radius 3 is 2.74 bits per heavy atom. The van der Waals surface area contributed by atoms with E-state index in [0.717, 1.165) is 12.2 Å². The molecule has 0 saturated heterocycles. The van der Waals surface area contributed by atoms with Crippen LogP contribution in [-0.2, 0) is 4.74 Å². The summed E-state index contributed by atoms with van der Waals surface area (Å²) in [5.74, 6) is 0.00420. The highest BCUT2D eigenvalue weighted by molar-refractivity contribution is 6.34. The summed E-state index contributed by atoms with van der Waals surface area (Å²) in [5, 5.41) is 12.1. The maximum Gasteiger partial charge on any atom is 0.171 e. The second kappa shape index (κ2) is 7.21. The number of rotatable bonds is 6. The van der Waals surface area contributed by atoms with Crippen molar-refractivity contribution >= 4 is 23.1 Å². The predicted octanol–water partition coefficient (Wildman–Crippen LogP) is 2.30. The number of methoxy groups -OCH3 is 1. The molecule has 0 aliphatic rings. The Bertz CT molecular complexity index is 452. The molecule has 0 bridgehead atoms. The number of hydrogen-bond donors (Lipinski definition) is 2. The summed E-state index contributed by atoms with van der Waals surface area (Å²) in [6, 6.07) is 5.69. The molecule has 0 amide bonds. The number of benzene rings is 1. The van der Waals surface area contributed by atoms with E-state index in [0.29, 0.717) is 17.2 Å². The maximum absolute atomic E-state index is 8.67. The van der Waals surface area contributed by atoms with Crippen LogP contribution in [0.1, 0.15) is 19.4 Å². The summed E-state index contributed by atoms with van der Waals surface area (Å²) < 4.78 is 5.17. The molecule has 0 aliphatic heterocycles. The quantitative estimate of drug-likeness (QED) is 0.364. The summed E-state index contributed by atoms with van der Waals surface area (Å²) in [4.78, 5) is 2.17. The average Bonchev–Trinajstić information content (AvgIpc) is 2.39. The lowest BCUT2D eigenvalue weighted by Gasteiger charge is -2.30. The third-order valence-electron chi connectivity index (χ3n) is 2.95. The van der Waals surface area contributed by atoms with E-state index in [2.05, 4.69) is 23.9 Å². The minimum absolute atomic E-state index is 0.00420. The van der Waals surface area contributed by atoms with Crippen LogP contribution in [0.25, 0.3) is 0 Å². The zero-order valence-electron chi connectivity index (χ0n) is 11.4. The van der Waals surface area contributed by atoms with Crippen molar-refractivity contribution in [2.75, 3.05) is 25.2 Å². The van der Waals surface area contributed by atoms with E-state index in [9.17, 15) is 0 Å². The minimum Gasteiger partial charge on any atom is -0.409 e. The highest BCUT2D eigenvalue weighted by atomic mass is 35.5. The van der Waals surface area contributed by atoms with Gasteiger partial charge in [0, 0.05) is 30.9 Å². The van der Waals surface area contributed by atoms with Gasteiger partial charge in [0.2, 0.25) is 0 Å². The number of halogens is 1. The first-order valence-electron chi connectivity index (χ1n) is 6.08. The van der Waals surface area contributed by atoms with Crippen LogP contribution in [0.5, 0.6) is 0 Å². The molecular formula is C13H20ClN3O2. The van der Waals surface area contributed by atoms with E-state index in [4.69, 9.17) is 27.3 Å². The molecule has 0 aromatic heterocycles. The lowest BCUT2D eigenvalue weighted by molar-refractivity contribution is 0.182. The third kappa shape index (κ3) is 3.75. The van der Waals surface area contributed by atoms with Crippen molar-refractivity contribution in [3.63, 3.8) is 0 Å². The fourth-order valence-electron chi connectivity index (χ4n) is 2.02. The molecule has 0 spiro atoms. The number of oxime groups is 1. The molecule has 5 nitrogen and oxygen atoms in total. The Morgan fingerprint density at radius 2 is 2.26 bits per heavy atom. The van der Waals surface area contributed by atoms with E-state index < -0.39 is 0 Å². The molecule has 1 aromatic rings. The van der Waals surface area contributed by atoms with Crippen molar-refractivity contribution in [3.8, 4) is 0 Å². The second-order valence-electron chi connectivity index (χ2n) is 4.24. The van der Waals surface area contributed by atoms with Gasteiger partial charge in [-0.2, -0.15) is 0 Å². The van der Waals surface area contributed by atoms with E-state index in [-0.39, 0.29) is 11.9 Å². The third-order valence-corrected chi connectivity index (χ3v) is 3.26. The summed E-state index contributed by atoms with van der Waals surface area (Å²) in [7, 11) is 1.68. The molecular weight excluding hydrogens is 266 g/mol. The van der Waals surface area contributed by atoms with Crippen molar-refractivity contribution in [1.29, 1.82) is 0 Å². The highest BCUT2D eigenvalue weighted by Gasteiger charge is 2.15. The minimum atomic E-state index is 0.00420. The van der Waals surface area contributed by atoms with Gasteiger partial charge >= 0.3 is 0 Å². The van der Waals surface area contributed by atoms with Gasteiger partial charge in [0.15, 0.2) is 5.84 Å². The number of anilines is 1.